The molecular weight excluding hydrogens is 395 g/mol. The Labute approximate surface area is 168 Å². The minimum absolute atomic E-state index is 0.134. The van der Waals surface area contributed by atoms with Crippen molar-refractivity contribution in [1.82, 2.24) is 4.98 Å². The van der Waals surface area contributed by atoms with Crippen molar-refractivity contribution in [2.24, 2.45) is 0 Å². The quantitative estimate of drug-likeness (QED) is 0.631. The first kappa shape index (κ1) is 19.6. The summed E-state index contributed by atoms with van der Waals surface area (Å²) < 4.78 is 51.2. The molecule has 0 bridgehead atoms. The zero-order chi connectivity index (χ0) is 20.4. The van der Waals surface area contributed by atoms with Crippen molar-refractivity contribution < 1.29 is 22.0 Å². The number of halogens is 1. The summed E-state index contributed by atoms with van der Waals surface area (Å²) in [5.41, 5.74) is 1.55. The first-order valence-electron chi connectivity index (χ1n) is 9.42. The maximum absolute atomic E-state index is 13.4. The molecule has 0 radical (unpaired) electrons. The molecular formula is C21H21FN2O4S. The van der Waals surface area contributed by atoms with Gasteiger partial charge in [-0.05, 0) is 48.4 Å². The Hall–Kier alpha value is -2.71. The Morgan fingerprint density at radius 1 is 1.03 bits per heavy atom. The second-order valence-corrected chi connectivity index (χ2v) is 8.60. The molecule has 0 unspecified atom stereocenters. The van der Waals surface area contributed by atoms with Gasteiger partial charge in [0.15, 0.2) is 0 Å². The van der Waals surface area contributed by atoms with Crippen LogP contribution in [0.5, 0.6) is 0 Å². The van der Waals surface area contributed by atoms with Crippen molar-refractivity contribution in [3.8, 4) is 11.5 Å². The van der Waals surface area contributed by atoms with Gasteiger partial charge in [0, 0.05) is 18.7 Å². The zero-order valence-corrected chi connectivity index (χ0v) is 16.8. The lowest BCUT2D eigenvalue weighted by molar-refractivity contribution is 0.120. The molecule has 3 aromatic rings. The molecule has 1 aliphatic heterocycles. The second-order valence-electron chi connectivity index (χ2n) is 6.74. The largest absolute Gasteiger partial charge is 0.419 e. The molecule has 0 aliphatic carbocycles. The molecule has 1 fully saturated rings. The summed E-state index contributed by atoms with van der Waals surface area (Å²) in [6, 6.07) is 12.3. The average molecular weight is 416 g/mol. The van der Waals surface area contributed by atoms with Gasteiger partial charge in [-0.25, -0.2) is 12.8 Å². The Bertz CT molecular complexity index is 1090. The highest BCUT2D eigenvalue weighted by Crippen LogP contribution is 2.35. The molecule has 0 amide bonds. The number of rotatable bonds is 5. The first-order valence-corrected chi connectivity index (χ1v) is 10.9. The number of anilines is 1. The van der Waals surface area contributed by atoms with Crippen molar-refractivity contribution in [2.75, 3.05) is 31.2 Å². The number of morpholine rings is 1. The molecule has 6 nitrogen and oxygen atoms in total. The van der Waals surface area contributed by atoms with Gasteiger partial charge in [0.2, 0.25) is 26.6 Å². The summed E-state index contributed by atoms with van der Waals surface area (Å²) in [5, 5.41) is -0.136. The predicted octanol–water partition coefficient (Wildman–Crippen LogP) is 3.71. The molecule has 2 heterocycles. The zero-order valence-electron chi connectivity index (χ0n) is 16.0. The fraction of sp³-hybridized carbons (Fsp3) is 0.286. The van der Waals surface area contributed by atoms with Gasteiger partial charge in [0.25, 0.3) is 0 Å². The fourth-order valence-corrected chi connectivity index (χ4v) is 4.49. The molecule has 1 saturated heterocycles. The van der Waals surface area contributed by atoms with Crippen LogP contribution < -0.4 is 4.90 Å². The number of nitrogens with zero attached hydrogens (tertiary/aromatic N) is 2. The SMILES string of the molecule is CCc1ccc(S(=O)(=O)c2nc(-c3ccc(F)cc3)oc2N2CCOCC2)cc1. The van der Waals surface area contributed by atoms with E-state index in [1.54, 1.807) is 24.3 Å². The first-order chi connectivity index (χ1) is 14.0. The lowest BCUT2D eigenvalue weighted by Crippen LogP contribution is -2.36. The molecule has 0 saturated carbocycles. The maximum Gasteiger partial charge on any atom is 0.236 e. The van der Waals surface area contributed by atoms with Gasteiger partial charge in [0.1, 0.15) is 5.82 Å². The van der Waals surface area contributed by atoms with E-state index in [4.69, 9.17) is 9.15 Å². The number of aromatic nitrogens is 1. The summed E-state index contributed by atoms with van der Waals surface area (Å²) in [5.74, 6) is -0.0694. The van der Waals surface area contributed by atoms with E-state index < -0.39 is 15.7 Å². The highest BCUT2D eigenvalue weighted by Gasteiger charge is 2.32. The van der Waals surface area contributed by atoms with E-state index in [1.165, 1.54) is 24.3 Å². The minimum Gasteiger partial charge on any atom is -0.419 e. The van der Waals surface area contributed by atoms with Gasteiger partial charge in [-0.15, -0.1) is 0 Å². The molecule has 0 N–H and O–H groups in total. The minimum atomic E-state index is -3.90. The predicted molar refractivity (Wildman–Crippen MR) is 106 cm³/mol. The number of aryl methyl sites for hydroxylation is 1. The van der Waals surface area contributed by atoms with Gasteiger partial charge < -0.3 is 14.1 Å². The van der Waals surface area contributed by atoms with Crippen LogP contribution in [-0.4, -0.2) is 39.7 Å². The van der Waals surface area contributed by atoms with Crippen LogP contribution in [0.25, 0.3) is 11.5 Å². The molecule has 1 aliphatic rings. The van der Waals surface area contributed by atoms with Crippen molar-refractivity contribution in [1.29, 1.82) is 0 Å². The van der Waals surface area contributed by atoms with Crippen molar-refractivity contribution in [2.45, 2.75) is 23.3 Å². The van der Waals surface area contributed by atoms with Gasteiger partial charge in [0.05, 0.1) is 18.1 Å². The number of oxazole rings is 1. The van der Waals surface area contributed by atoms with E-state index in [-0.39, 0.29) is 21.7 Å². The van der Waals surface area contributed by atoms with E-state index in [2.05, 4.69) is 4.98 Å². The topological polar surface area (TPSA) is 72.6 Å². The molecule has 2 aromatic carbocycles. The van der Waals surface area contributed by atoms with Gasteiger partial charge in [-0.3, -0.25) is 0 Å². The van der Waals surface area contributed by atoms with Gasteiger partial charge in [-0.2, -0.15) is 4.98 Å². The number of ether oxygens (including phenoxy) is 1. The van der Waals surface area contributed by atoms with Crippen LogP contribution in [-0.2, 0) is 21.0 Å². The summed E-state index contributed by atoms with van der Waals surface area (Å²) >= 11 is 0. The number of hydrogen-bond donors (Lipinski definition) is 0. The Morgan fingerprint density at radius 2 is 1.69 bits per heavy atom. The van der Waals surface area contributed by atoms with Crippen molar-refractivity contribution >= 4 is 15.7 Å². The van der Waals surface area contributed by atoms with Crippen LogP contribution in [0.2, 0.25) is 0 Å². The fourth-order valence-electron chi connectivity index (χ4n) is 3.17. The van der Waals surface area contributed by atoms with Gasteiger partial charge >= 0.3 is 0 Å². The summed E-state index contributed by atoms with van der Waals surface area (Å²) in [4.78, 5) is 6.29. The maximum atomic E-state index is 13.4. The lowest BCUT2D eigenvalue weighted by Gasteiger charge is -2.26. The van der Waals surface area contributed by atoms with Crippen LogP contribution in [0.15, 0.2) is 62.9 Å². The molecule has 0 atom stereocenters. The summed E-state index contributed by atoms with van der Waals surface area (Å²) in [6.07, 6.45) is 0.817. The molecule has 152 valence electrons. The standard InChI is InChI=1S/C21H21FN2O4S/c1-2-15-3-9-18(10-4-15)29(25,26)20-21(24-11-13-27-14-12-24)28-19(23-20)16-5-7-17(22)8-6-16/h3-10H,2,11-14H2,1H3. The molecule has 29 heavy (non-hydrogen) atoms. The Morgan fingerprint density at radius 3 is 2.31 bits per heavy atom. The van der Waals surface area contributed by atoms with Crippen LogP contribution in [0.3, 0.4) is 0 Å². The normalized spacial score (nSPS) is 14.9. The van der Waals surface area contributed by atoms with E-state index >= 15 is 0 Å². The monoisotopic (exact) mass is 416 g/mol. The summed E-state index contributed by atoms with van der Waals surface area (Å²) in [6.45, 7) is 3.94. The third-order valence-corrected chi connectivity index (χ3v) is 6.53. The lowest BCUT2D eigenvalue weighted by atomic mass is 10.2. The second kappa shape index (κ2) is 7.96. The number of hydrogen-bond acceptors (Lipinski definition) is 6. The van der Waals surface area contributed by atoms with E-state index in [9.17, 15) is 12.8 Å². The van der Waals surface area contributed by atoms with Gasteiger partial charge in [-0.1, -0.05) is 19.1 Å². The number of sulfone groups is 1. The highest BCUT2D eigenvalue weighted by molar-refractivity contribution is 7.91. The average Bonchev–Trinajstić information content (AvgIpc) is 3.21. The van der Waals surface area contributed by atoms with E-state index in [0.717, 1.165) is 12.0 Å². The van der Waals surface area contributed by atoms with Crippen LogP contribution in [0.4, 0.5) is 10.3 Å². The summed E-state index contributed by atoms with van der Waals surface area (Å²) in [7, 11) is -3.90. The molecule has 4 rings (SSSR count). The van der Waals surface area contributed by atoms with Crippen molar-refractivity contribution in [3.05, 3.63) is 59.9 Å². The molecule has 0 spiro atoms. The van der Waals surface area contributed by atoms with E-state index in [0.29, 0.717) is 31.9 Å². The third-order valence-electron chi connectivity index (χ3n) is 4.87. The Kier molecular flexibility index (Phi) is 5.38. The third kappa shape index (κ3) is 3.90. The van der Waals surface area contributed by atoms with Crippen LogP contribution >= 0.6 is 0 Å². The number of benzene rings is 2. The van der Waals surface area contributed by atoms with Crippen molar-refractivity contribution in [3.63, 3.8) is 0 Å². The molecule has 8 heteroatoms. The van der Waals surface area contributed by atoms with Crippen LogP contribution in [0.1, 0.15) is 12.5 Å². The Balaban J connectivity index is 1.82. The van der Waals surface area contributed by atoms with E-state index in [1.807, 2.05) is 11.8 Å². The van der Waals surface area contributed by atoms with Crippen LogP contribution in [0, 0.1) is 5.82 Å². The smallest absolute Gasteiger partial charge is 0.236 e. The highest BCUT2D eigenvalue weighted by atomic mass is 32.2. The molecule has 1 aromatic heterocycles.